The van der Waals surface area contributed by atoms with Gasteiger partial charge in [-0.25, -0.2) is 0 Å². The first kappa shape index (κ1) is 22.6. The number of nitrogens with two attached hydrogens (primary N) is 1. The largest absolute Gasteiger partial charge is 0.330 e. The summed E-state index contributed by atoms with van der Waals surface area (Å²) in [5.41, 5.74) is 4.03. The molecule has 0 aromatic heterocycles. The number of benzene rings is 2. The van der Waals surface area contributed by atoms with Crippen molar-refractivity contribution in [3.05, 3.63) is 59.7 Å². The molecule has 2 aromatic carbocycles. The second-order valence-electron chi connectivity index (χ2n) is 7.99. The van der Waals surface area contributed by atoms with Gasteiger partial charge < -0.3 is 16.0 Å². The van der Waals surface area contributed by atoms with E-state index in [1.54, 1.807) is 24.3 Å². The van der Waals surface area contributed by atoms with Gasteiger partial charge in [0.05, 0.1) is 0 Å². The molecular weight excluding hydrogens is 362 g/mol. The number of aryl methyl sites for hydroxylation is 1. The molecule has 0 unspecified atom stereocenters. The lowest BCUT2D eigenvalue weighted by Gasteiger charge is -2.23. The van der Waals surface area contributed by atoms with Crippen LogP contribution in [0.2, 0.25) is 0 Å². The molecule has 4 N–H and O–H groups in total. The molecule has 5 nitrogen and oxygen atoms in total. The van der Waals surface area contributed by atoms with Gasteiger partial charge in [-0.1, -0.05) is 51.5 Å². The van der Waals surface area contributed by atoms with Gasteiger partial charge in [-0.2, -0.15) is 0 Å². The van der Waals surface area contributed by atoms with Gasteiger partial charge in [0.15, 0.2) is 6.04 Å². The van der Waals surface area contributed by atoms with Crippen molar-refractivity contribution < 1.29 is 14.9 Å². The van der Waals surface area contributed by atoms with Crippen LogP contribution in [0.1, 0.15) is 58.2 Å². The normalized spacial score (nSPS) is 13.0. The van der Waals surface area contributed by atoms with E-state index < -0.39 is 0 Å². The Morgan fingerprint density at radius 3 is 1.93 bits per heavy atom. The van der Waals surface area contributed by atoms with E-state index in [-0.39, 0.29) is 23.9 Å². The lowest BCUT2D eigenvalue weighted by Crippen LogP contribution is -2.93. The van der Waals surface area contributed by atoms with Crippen LogP contribution in [0.25, 0.3) is 0 Å². The highest BCUT2D eigenvalue weighted by atomic mass is 16.2. The molecule has 0 saturated carbocycles. The number of carbonyl (C=O) groups is 2. The monoisotopic (exact) mass is 396 g/mol. The highest BCUT2D eigenvalue weighted by molar-refractivity contribution is 5.94. The fourth-order valence-corrected chi connectivity index (χ4v) is 3.41. The number of anilines is 2. The van der Waals surface area contributed by atoms with E-state index in [0.717, 1.165) is 18.5 Å². The summed E-state index contributed by atoms with van der Waals surface area (Å²) in [6, 6.07) is 15.9. The number of quaternary nitrogens is 1. The quantitative estimate of drug-likeness (QED) is 0.602. The van der Waals surface area contributed by atoms with Crippen LogP contribution in [0.3, 0.4) is 0 Å². The predicted molar refractivity (Wildman–Crippen MR) is 119 cm³/mol. The molecule has 5 heteroatoms. The first-order valence-electron chi connectivity index (χ1n) is 10.4. The second kappa shape index (κ2) is 10.8. The van der Waals surface area contributed by atoms with E-state index in [2.05, 4.69) is 61.0 Å². The smallest absolute Gasteiger partial charge is 0.282 e. The molecule has 0 aliphatic rings. The van der Waals surface area contributed by atoms with E-state index in [9.17, 15) is 9.59 Å². The standard InChI is InChI=1S/C24H33N3O2/c1-6-7-19-8-10-20(11-9-19)23(16(2)3)25-17(4)24(29)27-22-14-12-21(13-15-22)26-18(5)28/h8-17,23,25H,6-7H2,1-5H3,(H,26,28)(H,27,29)/p+1/t17-,23-/m0/s1. The summed E-state index contributed by atoms with van der Waals surface area (Å²) in [5.74, 6) is 0.247. The summed E-state index contributed by atoms with van der Waals surface area (Å²) in [5, 5.41) is 7.82. The van der Waals surface area contributed by atoms with Crippen LogP contribution in [0.4, 0.5) is 11.4 Å². The highest BCUT2D eigenvalue weighted by Gasteiger charge is 2.26. The minimum atomic E-state index is -0.229. The average molecular weight is 397 g/mol. The van der Waals surface area contributed by atoms with Crippen LogP contribution >= 0.6 is 0 Å². The molecule has 2 amide bonds. The van der Waals surface area contributed by atoms with Crippen LogP contribution in [0.15, 0.2) is 48.5 Å². The van der Waals surface area contributed by atoms with Gasteiger partial charge in [0, 0.05) is 29.8 Å². The van der Waals surface area contributed by atoms with Gasteiger partial charge >= 0.3 is 0 Å². The van der Waals surface area contributed by atoms with E-state index in [4.69, 9.17) is 0 Å². The van der Waals surface area contributed by atoms with Crippen molar-refractivity contribution in [3.8, 4) is 0 Å². The summed E-state index contributed by atoms with van der Waals surface area (Å²) in [7, 11) is 0. The van der Waals surface area contributed by atoms with Gasteiger partial charge in [-0.3, -0.25) is 9.59 Å². The second-order valence-corrected chi connectivity index (χ2v) is 7.99. The molecule has 0 aliphatic heterocycles. The highest BCUT2D eigenvalue weighted by Crippen LogP contribution is 2.19. The summed E-state index contributed by atoms with van der Waals surface area (Å²) in [6.45, 7) is 9.96. The maximum atomic E-state index is 12.7. The van der Waals surface area contributed by atoms with Gasteiger partial charge in [-0.15, -0.1) is 0 Å². The van der Waals surface area contributed by atoms with E-state index in [0.29, 0.717) is 11.6 Å². The zero-order chi connectivity index (χ0) is 21.4. The van der Waals surface area contributed by atoms with Crippen LogP contribution in [-0.4, -0.2) is 17.9 Å². The molecular formula is C24H34N3O2+. The lowest BCUT2D eigenvalue weighted by atomic mass is 9.94. The lowest BCUT2D eigenvalue weighted by molar-refractivity contribution is -0.718. The summed E-state index contributed by atoms with van der Waals surface area (Å²) >= 11 is 0. The van der Waals surface area contributed by atoms with Crippen molar-refractivity contribution in [2.24, 2.45) is 5.92 Å². The molecule has 2 atom stereocenters. The summed E-state index contributed by atoms with van der Waals surface area (Å²) in [4.78, 5) is 23.8. The maximum Gasteiger partial charge on any atom is 0.282 e. The molecule has 0 fully saturated rings. The topological polar surface area (TPSA) is 74.8 Å². The average Bonchev–Trinajstić information content (AvgIpc) is 2.68. The van der Waals surface area contributed by atoms with E-state index in [1.165, 1.54) is 18.1 Å². The Morgan fingerprint density at radius 1 is 0.897 bits per heavy atom. The maximum absolute atomic E-state index is 12.7. The van der Waals surface area contributed by atoms with Crippen LogP contribution in [0.5, 0.6) is 0 Å². The van der Waals surface area contributed by atoms with Crippen molar-refractivity contribution in [1.82, 2.24) is 0 Å². The Kier molecular flexibility index (Phi) is 8.40. The third-order valence-corrected chi connectivity index (χ3v) is 5.00. The number of nitrogens with one attached hydrogen (secondary N) is 2. The zero-order valence-corrected chi connectivity index (χ0v) is 18.2. The van der Waals surface area contributed by atoms with Gasteiger partial charge in [0.1, 0.15) is 6.04 Å². The third kappa shape index (κ3) is 7.02. The molecule has 0 aliphatic carbocycles. The molecule has 0 radical (unpaired) electrons. The van der Waals surface area contributed by atoms with Crippen LogP contribution in [0, 0.1) is 5.92 Å². The minimum absolute atomic E-state index is 0.0365. The number of carbonyl (C=O) groups excluding carboxylic acids is 2. The van der Waals surface area contributed by atoms with E-state index >= 15 is 0 Å². The minimum Gasteiger partial charge on any atom is -0.330 e. The number of hydrogen-bond donors (Lipinski definition) is 3. The van der Waals surface area contributed by atoms with Gasteiger partial charge in [-0.05, 0) is 43.2 Å². The molecule has 0 spiro atoms. The Hall–Kier alpha value is -2.66. The first-order chi connectivity index (χ1) is 13.8. The molecule has 29 heavy (non-hydrogen) atoms. The van der Waals surface area contributed by atoms with Crippen molar-refractivity contribution in [2.75, 3.05) is 10.6 Å². The zero-order valence-electron chi connectivity index (χ0n) is 18.2. The Labute approximate surface area is 174 Å². The molecule has 156 valence electrons. The number of amides is 2. The fraction of sp³-hybridized carbons (Fsp3) is 0.417. The Balaban J connectivity index is 2.00. The molecule has 0 saturated heterocycles. The van der Waals surface area contributed by atoms with Crippen molar-refractivity contribution >= 4 is 23.2 Å². The molecule has 2 rings (SSSR count). The van der Waals surface area contributed by atoms with Crippen molar-refractivity contribution in [2.45, 2.75) is 59.5 Å². The fourth-order valence-electron chi connectivity index (χ4n) is 3.41. The molecule has 2 aromatic rings. The predicted octanol–water partition coefficient (Wildman–Crippen LogP) is 3.89. The number of hydrogen-bond acceptors (Lipinski definition) is 2. The third-order valence-electron chi connectivity index (χ3n) is 5.00. The Morgan fingerprint density at radius 2 is 1.45 bits per heavy atom. The van der Waals surface area contributed by atoms with Crippen LogP contribution < -0.4 is 16.0 Å². The number of rotatable bonds is 9. The summed E-state index contributed by atoms with van der Waals surface area (Å²) < 4.78 is 0. The molecule has 0 bridgehead atoms. The SMILES string of the molecule is CCCc1ccc([C@@H]([NH2+][C@@H](C)C(=O)Nc2ccc(NC(C)=O)cc2)C(C)C)cc1. The molecule has 0 heterocycles. The van der Waals surface area contributed by atoms with E-state index in [1.807, 2.05) is 6.92 Å². The summed E-state index contributed by atoms with van der Waals surface area (Å²) in [6.07, 6.45) is 2.23. The van der Waals surface area contributed by atoms with Crippen molar-refractivity contribution in [3.63, 3.8) is 0 Å². The van der Waals surface area contributed by atoms with Crippen molar-refractivity contribution in [1.29, 1.82) is 0 Å². The van der Waals surface area contributed by atoms with Gasteiger partial charge in [0.2, 0.25) is 5.91 Å². The first-order valence-corrected chi connectivity index (χ1v) is 10.4. The van der Waals surface area contributed by atoms with Gasteiger partial charge in [0.25, 0.3) is 5.91 Å². The Bertz CT molecular complexity index is 798. The van der Waals surface area contributed by atoms with Crippen LogP contribution in [-0.2, 0) is 16.0 Å².